The van der Waals surface area contributed by atoms with Gasteiger partial charge >= 0.3 is 0 Å². The van der Waals surface area contributed by atoms with E-state index in [1.807, 2.05) is 32.3 Å². The molecule has 0 saturated carbocycles. The van der Waals surface area contributed by atoms with Gasteiger partial charge in [0.1, 0.15) is 0 Å². The van der Waals surface area contributed by atoms with Crippen LogP contribution in [0.3, 0.4) is 0 Å². The first kappa shape index (κ1) is 13.0. The fourth-order valence-corrected chi connectivity index (χ4v) is 2.80. The molecule has 18 heavy (non-hydrogen) atoms. The lowest BCUT2D eigenvalue weighted by atomic mass is 10.1. The lowest BCUT2D eigenvalue weighted by Crippen LogP contribution is -2.23. The first-order valence-electron chi connectivity index (χ1n) is 5.62. The molecule has 0 aliphatic carbocycles. The minimum absolute atomic E-state index is 0.0187. The standard InChI is InChI=1S/C12H17N3O2S/c1-9-5-10-7-15(4)13-12(10)11(6-9)8-18(16,17)14(2)3/h5-7H,8H2,1-4H3. The van der Waals surface area contributed by atoms with Gasteiger partial charge in [-0.05, 0) is 18.6 Å². The fraction of sp³-hybridized carbons (Fsp3) is 0.417. The molecule has 1 aromatic heterocycles. The number of hydrogen-bond acceptors (Lipinski definition) is 3. The number of nitrogens with zero attached hydrogens (tertiary/aromatic N) is 3. The van der Waals surface area contributed by atoms with Gasteiger partial charge in [-0.2, -0.15) is 5.10 Å². The summed E-state index contributed by atoms with van der Waals surface area (Å²) in [6.45, 7) is 1.96. The highest BCUT2D eigenvalue weighted by molar-refractivity contribution is 7.88. The van der Waals surface area contributed by atoms with Crippen molar-refractivity contribution in [2.24, 2.45) is 7.05 Å². The van der Waals surface area contributed by atoms with Crippen molar-refractivity contribution in [3.8, 4) is 0 Å². The van der Waals surface area contributed by atoms with Crippen molar-refractivity contribution in [3.05, 3.63) is 29.5 Å². The molecule has 1 heterocycles. The van der Waals surface area contributed by atoms with Crippen molar-refractivity contribution < 1.29 is 8.42 Å². The summed E-state index contributed by atoms with van der Waals surface area (Å²) in [7, 11) is 1.65. The summed E-state index contributed by atoms with van der Waals surface area (Å²) in [5.74, 6) is -0.0187. The maximum atomic E-state index is 12.0. The Balaban J connectivity index is 2.57. The Morgan fingerprint density at radius 2 is 2.00 bits per heavy atom. The van der Waals surface area contributed by atoms with Crippen LogP contribution in [0.25, 0.3) is 10.9 Å². The number of fused-ring (bicyclic) bond motifs is 1. The van der Waals surface area contributed by atoms with Crippen LogP contribution in [0.5, 0.6) is 0 Å². The normalized spacial score (nSPS) is 12.5. The zero-order chi connectivity index (χ0) is 13.5. The molecule has 0 aliphatic rings. The number of aryl methyl sites for hydroxylation is 2. The number of benzene rings is 1. The number of sulfonamides is 1. The van der Waals surface area contributed by atoms with Crippen LogP contribution in [0.1, 0.15) is 11.1 Å². The van der Waals surface area contributed by atoms with Gasteiger partial charge in [0.2, 0.25) is 10.0 Å². The van der Waals surface area contributed by atoms with E-state index in [4.69, 9.17) is 0 Å². The van der Waals surface area contributed by atoms with E-state index in [0.717, 1.165) is 22.0 Å². The average Bonchev–Trinajstić information content (AvgIpc) is 2.57. The van der Waals surface area contributed by atoms with Gasteiger partial charge in [-0.25, -0.2) is 12.7 Å². The van der Waals surface area contributed by atoms with E-state index in [9.17, 15) is 8.42 Å². The summed E-state index contributed by atoms with van der Waals surface area (Å²) in [4.78, 5) is 0. The molecule has 1 aromatic carbocycles. The quantitative estimate of drug-likeness (QED) is 0.841. The first-order valence-corrected chi connectivity index (χ1v) is 7.23. The zero-order valence-corrected chi connectivity index (χ0v) is 11.8. The van der Waals surface area contributed by atoms with Crippen LogP contribution in [-0.4, -0.2) is 36.6 Å². The molecule has 2 rings (SSSR count). The van der Waals surface area contributed by atoms with Gasteiger partial charge in [-0.3, -0.25) is 4.68 Å². The van der Waals surface area contributed by atoms with E-state index in [1.54, 1.807) is 18.8 Å². The van der Waals surface area contributed by atoms with Crippen molar-refractivity contribution in [1.29, 1.82) is 0 Å². The van der Waals surface area contributed by atoms with Gasteiger partial charge in [-0.15, -0.1) is 0 Å². The molecule has 5 nitrogen and oxygen atoms in total. The third kappa shape index (κ3) is 2.39. The molecule has 0 bridgehead atoms. The van der Waals surface area contributed by atoms with Crippen LogP contribution in [0, 0.1) is 6.92 Å². The van der Waals surface area contributed by atoms with Crippen LogP contribution >= 0.6 is 0 Å². The molecule has 0 amide bonds. The predicted molar refractivity (Wildman–Crippen MR) is 71.8 cm³/mol. The van der Waals surface area contributed by atoms with Gasteiger partial charge < -0.3 is 0 Å². The summed E-state index contributed by atoms with van der Waals surface area (Å²) >= 11 is 0. The largest absolute Gasteiger partial charge is 0.275 e. The van der Waals surface area contributed by atoms with Gasteiger partial charge in [-0.1, -0.05) is 11.6 Å². The summed E-state index contributed by atoms with van der Waals surface area (Å²) in [5, 5.41) is 5.30. The smallest absolute Gasteiger partial charge is 0.217 e. The van der Waals surface area contributed by atoms with Gasteiger partial charge in [0.05, 0.1) is 11.3 Å². The van der Waals surface area contributed by atoms with E-state index in [0.29, 0.717) is 0 Å². The monoisotopic (exact) mass is 267 g/mol. The minimum atomic E-state index is -3.27. The average molecular weight is 267 g/mol. The molecule has 0 fully saturated rings. The number of hydrogen-bond donors (Lipinski definition) is 0. The zero-order valence-electron chi connectivity index (χ0n) is 11.0. The van der Waals surface area contributed by atoms with E-state index < -0.39 is 10.0 Å². The molecule has 2 aromatic rings. The van der Waals surface area contributed by atoms with Crippen molar-refractivity contribution >= 4 is 20.9 Å². The van der Waals surface area contributed by atoms with Gasteiger partial charge in [0, 0.05) is 32.7 Å². The fourth-order valence-electron chi connectivity index (χ4n) is 1.93. The first-order chi connectivity index (χ1) is 8.29. The summed E-state index contributed by atoms with van der Waals surface area (Å²) < 4.78 is 26.9. The second-order valence-electron chi connectivity index (χ2n) is 4.70. The van der Waals surface area contributed by atoms with Crippen molar-refractivity contribution in [2.75, 3.05) is 14.1 Å². The van der Waals surface area contributed by atoms with Crippen molar-refractivity contribution in [3.63, 3.8) is 0 Å². The maximum absolute atomic E-state index is 12.0. The molecular formula is C12H17N3O2S. The Bertz CT molecular complexity index is 687. The van der Waals surface area contributed by atoms with Crippen LogP contribution in [0.15, 0.2) is 18.3 Å². The highest BCUT2D eigenvalue weighted by atomic mass is 32.2. The third-order valence-electron chi connectivity index (χ3n) is 2.84. The lowest BCUT2D eigenvalue weighted by Gasteiger charge is -2.11. The van der Waals surface area contributed by atoms with Crippen LogP contribution in [0.4, 0.5) is 0 Å². The molecule has 6 heteroatoms. The van der Waals surface area contributed by atoms with Crippen molar-refractivity contribution in [1.82, 2.24) is 14.1 Å². The van der Waals surface area contributed by atoms with E-state index >= 15 is 0 Å². The maximum Gasteiger partial charge on any atom is 0.217 e. The molecule has 0 saturated heterocycles. The Labute approximate surface area is 107 Å². The topological polar surface area (TPSA) is 55.2 Å². The molecule has 0 unspecified atom stereocenters. The molecular weight excluding hydrogens is 250 g/mol. The molecule has 0 radical (unpaired) electrons. The predicted octanol–water partition coefficient (Wildman–Crippen LogP) is 1.27. The second-order valence-corrected chi connectivity index (χ2v) is 6.89. The van der Waals surface area contributed by atoms with Crippen molar-refractivity contribution in [2.45, 2.75) is 12.7 Å². The number of aromatic nitrogens is 2. The Morgan fingerprint density at radius 3 is 2.61 bits per heavy atom. The van der Waals surface area contributed by atoms with Gasteiger partial charge in [0.15, 0.2) is 0 Å². The van der Waals surface area contributed by atoms with Crippen LogP contribution in [0.2, 0.25) is 0 Å². The highest BCUT2D eigenvalue weighted by Crippen LogP contribution is 2.21. The summed E-state index contributed by atoms with van der Waals surface area (Å²) in [5.41, 5.74) is 2.55. The third-order valence-corrected chi connectivity index (χ3v) is 4.63. The lowest BCUT2D eigenvalue weighted by molar-refractivity contribution is 0.520. The summed E-state index contributed by atoms with van der Waals surface area (Å²) in [6.07, 6.45) is 1.90. The molecule has 0 atom stereocenters. The van der Waals surface area contributed by atoms with Crippen LogP contribution in [-0.2, 0) is 22.8 Å². The van der Waals surface area contributed by atoms with Crippen LogP contribution < -0.4 is 0 Å². The Hall–Kier alpha value is -1.40. The Morgan fingerprint density at radius 1 is 1.33 bits per heavy atom. The molecule has 0 N–H and O–H groups in total. The molecule has 98 valence electrons. The number of rotatable bonds is 3. The van der Waals surface area contributed by atoms with Gasteiger partial charge in [0.25, 0.3) is 0 Å². The highest BCUT2D eigenvalue weighted by Gasteiger charge is 2.17. The molecule has 0 spiro atoms. The minimum Gasteiger partial charge on any atom is -0.275 e. The van der Waals surface area contributed by atoms with E-state index in [-0.39, 0.29) is 5.75 Å². The molecule has 0 aliphatic heterocycles. The van der Waals surface area contributed by atoms with E-state index in [2.05, 4.69) is 5.10 Å². The van der Waals surface area contributed by atoms with E-state index in [1.165, 1.54) is 4.31 Å². The Kier molecular flexibility index (Phi) is 3.16. The second kappa shape index (κ2) is 4.37. The summed E-state index contributed by atoms with van der Waals surface area (Å²) in [6, 6.07) is 3.89. The SMILES string of the molecule is Cc1cc(CS(=O)(=O)N(C)C)c2nn(C)cc2c1.